The van der Waals surface area contributed by atoms with Gasteiger partial charge in [0, 0.05) is 19.3 Å². The Labute approximate surface area is 120 Å². The lowest BCUT2D eigenvalue weighted by Crippen LogP contribution is -2.27. The Bertz CT molecular complexity index is 421. The topological polar surface area (TPSA) is 62.2 Å². The third kappa shape index (κ3) is 4.05. The van der Waals surface area contributed by atoms with Crippen molar-refractivity contribution >= 4 is 11.6 Å². The minimum atomic E-state index is 0.0917. The van der Waals surface area contributed by atoms with Gasteiger partial charge >= 0.3 is 0 Å². The second kappa shape index (κ2) is 7.40. The van der Waals surface area contributed by atoms with E-state index >= 15 is 0 Å². The van der Waals surface area contributed by atoms with Gasteiger partial charge in [0.1, 0.15) is 0 Å². The molecule has 0 spiro atoms. The number of carbonyl (C=O) groups excluding carboxylic acids is 1. The summed E-state index contributed by atoms with van der Waals surface area (Å²) in [4.78, 5) is 14.3. The van der Waals surface area contributed by atoms with E-state index in [1.165, 1.54) is 0 Å². The molecule has 1 unspecified atom stereocenters. The molecule has 1 saturated heterocycles. The van der Waals surface area contributed by atoms with Gasteiger partial charge in [-0.2, -0.15) is 5.10 Å². The Kier molecular flexibility index (Phi) is 5.55. The van der Waals surface area contributed by atoms with Crippen LogP contribution in [0.5, 0.6) is 0 Å². The lowest BCUT2D eigenvalue weighted by atomic mass is 10.1. The van der Waals surface area contributed by atoms with Crippen LogP contribution in [0.15, 0.2) is 12.4 Å². The first-order chi connectivity index (χ1) is 9.72. The van der Waals surface area contributed by atoms with Gasteiger partial charge in [0.15, 0.2) is 0 Å². The maximum absolute atomic E-state index is 12.0. The molecule has 0 bridgehead atoms. The molecule has 0 saturated carbocycles. The number of nitrogens with one attached hydrogen (secondary N) is 2. The van der Waals surface area contributed by atoms with E-state index in [9.17, 15) is 4.79 Å². The number of amides is 1. The Morgan fingerprint density at radius 2 is 2.35 bits per heavy atom. The third-order valence-electron chi connectivity index (χ3n) is 3.87. The van der Waals surface area contributed by atoms with Crippen LogP contribution in [0.4, 0.5) is 5.69 Å². The molecule has 1 fully saturated rings. The number of nitrogens with zero attached hydrogens (tertiary/aromatic N) is 3. The van der Waals surface area contributed by atoms with Gasteiger partial charge in [0.2, 0.25) is 5.91 Å². The van der Waals surface area contributed by atoms with Crippen molar-refractivity contribution in [2.75, 3.05) is 38.0 Å². The highest BCUT2D eigenvalue weighted by Gasteiger charge is 2.22. The standard InChI is InChI=1S/C14H25N5O/c1-3-18(4-2)7-8-19-11-13(10-16-19)17-14(20)12-5-6-15-9-12/h10-12,15H,3-9H2,1-2H3,(H,17,20). The predicted octanol–water partition coefficient (Wildman–Crippen LogP) is 0.773. The molecule has 1 atom stereocenters. The van der Waals surface area contributed by atoms with Crippen LogP contribution in [-0.4, -0.2) is 53.3 Å². The third-order valence-corrected chi connectivity index (χ3v) is 3.87. The molecule has 1 aliphatic heterocycles. The largest absolute Gasteiger partial charge is 0.323 e. The highest BCUT2D eigenvalue weighted by atomic mass is 16.1. The molecular weight excluding hydrogens is 254 g/mol. The molecular formula is C14H25N5O. The fraction of sp³-hybridized carbons (Fsp3) is 0.714. The second-order valence-electron chi connectivity index (χ2n) is 5.20. The van der Waals surface area contributed by atoms with E-state index in [1.54, 1.807) is 6.20 Å². The summed E-state index contributed by atoms with van der Waals surface area (Å²) in [5, 5.41) is 10.4. The second-order valence-corrected chi connectivity index (χ2v) is 5.20. The number of rotatable bonds is 7. The van der Waals surface area contributed by atoms with Gasteiger partial charge in [-0.3, -0.25) is 9.48 Å². The van der Waals surface area contributed by atoms with E-state index in [0.29, 0.717) is 0 Å². The maximum atomic E-state index is 12.0. The van der Waals surface area contributed by atoms with Crippen molar-refractivity contribution in [2.24, 2.45) is 5.92 Å². The van der Waals surface area contributed by atoms with Crippen LogP contribution in [0.1, 0.15) is 20.3 Å². The summed E-state index contributed by atoms with van der Waals surface area (Å²) >= 11 is 0. The van der Waals surface area contributed by atoms with Crippen molar-refractivity contribution in [3.63, 3.8) is 0 Å². The van der Waals surface area contributed by atoms with Gasteiger partial charge in [0.25, 0.3) is 0 Å². The zero-order valence-corrected chi connectivity index (χ0v) is 12.4. The summed E-state index contributed by atoms with van der Waals surface area (Å²) in [5.41, 5.74) is 0.793. The maximum Gasteiger partial charge on any atom is 0.228 e. The van der Waals surface area contributed by atoms with Gasteiger partial charge in [0.05, 0.1) is 24.3 Å². The van der Waals surface area contributed by atoms with Crippen LogP contribution in [0.2, 0.25) is 0 Å². The average Bonchev–Trinajstić information content (AvgIpc) is 3.11. The van der Waals surface area contributed by atoms with Crippen molar-refractivity contribution in [2.45, 2.75) is 26.8 Å². The number of hydrogen-bond acceptors (Lipinski definition) is 4. The van der Waals surface area contributed by atoms with E-state index in [2.05, 4.69) is 34.5 Å². The molecule has 2 rings (SSSR count). The summed E-state index contributed by atoms with van der Waals surface area (Å²) in [6.45, 7) is 9.97. The molecule has 20 heavy (non-hydrogen) atoms. The van der Waals surface area contributed by atoms with Crippen LogP contribution in [0.25, 0.3) is 0 Å². The highest BCUT2D eigenvalue weighted by Crippen LogP contribution is 2.12. The molecule has 0 aliphatic carbocycles. The smallest absolute Gasteiger partial charge is 0.228 e. The van der Waals surface area contributed by atoms with Crippen molar-refractivity contribution < 1.29 is 4.79 Å². The SMILES string of the molecule is CCN(CC)CCn1cc(NC(=O)C2CCNC2)cn1. The number of likely N-dealkylation sites (N-methyl/N-ethyl adjacent to an activating group) is 1. The van der Waals surface area contributed by atoms with Gasteiger partial charge in [-0.05, 0) is 26.1 Å². The molecule has 6 nitrogen and oxygen atoms in total. The van der Waals surface area contributed by atoms with Gasteiger partial charge in [-0.15, -0.1) is 0 Å². The van der Waals surface area contributed by atoms with E-state index < -0.39 is 0 Å². The molecule has 1 aliphatic rings. The fourth-order valence-corrected chi connectivity index (χ4v) is 2.46. The lowest BCUT2D eigenvalue weighted by molar-refractivity contribution is -0.119. The molecule has 2 N–H and O–H groups in total. The van der Waals surface area contributed by atoms with Crippen LogP contribution in [-0.2, 0) is 11.3 Å². The number of anilines is 1. The Morgan fingerprint density at radius 1 is 1.55 bits per heavy atom. The first-order valence-corrected chi connectivity index (χ1v) is 7.49. The van der Waals surface area contributed by atoms with E-state index in [1.807, 2.05) is 10.9 Å². The van der Waals surface area contributed by atoms with Crippen LogP contribution < -0.4 is 10.6 Å². The van der Waals surface area contributed by atoms with Crippen molar-refractivity contribution in [3.8, 4) is 0 Å². The predicted molar refractivity (Wildman–Crippen MR) is 79.6 cm³/mol. The molecule has 112 valence electrons. The summed E-state index contributed by atoms with van der Waals surface area (Å²) in [7, 11) is 0. The highest BCUT2D eigenvalue weighted by molar-refractivity contribution is 5.92. The number of hydrogen-bond donors (Lipinski definition) is 2. The molecule has 0 aromatic carbocycles. The molecule has 1 amide bonds. The normalized spacial score (nSPS) is 18.6. The van der Waals surface area contributed by atoms with Crippen molar-refractivity contribution in [1.29, 1.82) is 0 Å². The van der Waals surface area contributed by atoms with E-state index in [-0.39, 0.29) is 11.8 Å². The van der Waals surface area contributed by atoms with Crippen molar-refractivity contribution in [1.82, 2.24) is 20.0 Å². The quantitative estimate of drug-likeness (QED) is 0.774. The Hall–Kier alpha value is -1.40. The average molecular weight is 279 g/mol. The number of carbonyl (C=O) groups is 1. The van der Waals surface area contributed by atoms with Crippen LogP contribution in [0, 0.1) is 5.92 Å². The van der Waals surface area contributed by atoms with Crippen molar-refractivity contribution in [3.05, 3.63) is 12.4 Å². The zero-order valence-electron chi connectivity index (χ0n) is 12.4. The van der Waals surface area contributed by atoms with Crippen LogP contribution >= 0.6 is 0 Å². The van der Waals surface area contributed by atoms with Gasteiger partial charge in [-0.25, -0.2) is 0 Å². The minimum Gasteiger partial charge on any atom is -0.323 e. The summed E-state index contributed by atoms with van der Waals surface area (Å²) in [6, 6.07) is 0. The number of aromatic nitrogens is 2. The van der Waals surface area contributed by atoms with Crippen LogP contribution in [0.3, 0.4) is 0 Å². The monoisotopic (exact) mass is 279 g/mol. The molecule has 0 radical (unpaired) electrons. The molecule has 1 aromatic heterocycles. The Balaban J connectivity index is 1.80. The molecule has 6 heteroatoms. The fourth-order valence-electron chi connectivity index (χ4n) is 2.46. The zero-order chi connectivity index (χ0) is 14.4. The summed E-state index contributed by atoms with van der Waals surface area (Å²) in [6.07, 6.45) is 4.55. The molecule has 2 heterocycles. The minimum absolute atomic E-state index is 0.0917. The van der Waals surface area contributed by atoms with E-state index in [4.69, 9.17) is 0 Å². The van der Waals surface area contributed by atoms with Gasteiger partial charge < -0.3 is 15.5 Å². The van der Waals surface area contributed by atoms with Gasteiger partial charge in [-0.1, -0.05) is 13.8 Å². The molecule has 1 aromatic rings. The Morgan fingerprint density at radius 3 is 3.00 bits per heavy atom. The van der Waals surface area contributed by atoms with E-state index in [0.717, 1.165) is 51.4 Å². The summed E-state index contributed by atoms with van der Waals surface area (Å²) < 4.78 is 1.89. The lowest BCUT2D eigenvalue weighted by Gasteiger charge is -2.17. The summed E-state index contributed by atoms with van der Waals surface area (Å²) in [5.74, 6) is 0.187. The first kappa shape index (κ1) is 15.0. The first-order valence-electron chi connectivity index (χ1n) is 7.49.